The van der Waals surface area contributed by atoms with E-state index in [1.54, 1.807) is 0 Å². The lowest BCUT2D eigenvalue weighted by Crippen LogP contribution is -2.45. The van der Waals surface area contributed by atoms with Crippen LogP contribution in [0.4, 0.5) is 0 Å². The molecule has 5 atom stereocenters. The van der Waals surface area contributed by atoms with E-state index in [9.17, 15) is 9.90 Å². The highest BCUT2D eigenvalue weighted by atomic mass is 16.5. The molecule has 5 nitrogen and oxygen atoms in total. The number of hydrogen-bond acceptors (Lipinski definition) is 5. The van der Waals surface area contributed by atoms with Gasteiger partial charge >= 0.3 is 5.97 Å². The number of aliphatic hydroxyl groups excluding tert-OH is 1. The molecule has 0 aromatic carbocycles. The second-order valence-corrected chi connectivity index (χ2v) is 9.44. The van der Waals surface area contributed by atoms with Crippen molar-refractivity contribution in [2.24, 2.45) is 22.7 Å². The molecular weight excluding hydrogens is 330 g/mol. The van der Waals surface area contributed by atoms with Gasteiger partial charge in [-0.25, -0.2) is 0 Å². The van der Waals surface area contributed by atoms with Crippen LogP contribution >= 0.6 is 0 Å². The van der Waals surface area contributed by atoms with E-state index in [1.807, 2.05) is 6.92 Å². The Bertz CT molecular complexity index is 508. The van der Waals surface area contributed by atoms with Crippen molar-refractivity contribution >= 4 is 5.97 Å². The Labute approximate surface area is 158 Å². The number of esters is 1. The predicted octanol–water partition coefficient (Wildman–Crippen LogP) is 2.85. The molecule has 1 aliphatic heterocycles. The molecule has 0 aromatic heterocycles. The minimum atomic E-state index is -0.498. The fraction of sp³-hybridized carbons (Fsp3) is 0.952. The number of carbonyl (C=O) groups excluding carboxylic acids is 1. The molecule has 3 rings (SSSR count). The van der Waals surface area contributed by atoms with Crippen LogP contribution in [0.25, 0.3) is 0 Å². The zero-order valence-corrected chi connectivity index (χ0v) is 17.0. The Morgan fingerprint density at radius 3 is 2.69 bits per heavy atom. The third-order valence-corrected chi connectivity index (χ3v) is 7.80. The first kappa shape index (κ1) is 20.1. The quantitative estimate of drug-likeness (QED) is 0.701. The summed E-state index contributed by atoms with van der Waals surface area (Å²) in [4.78, 5) is 14.1. The van der Waals surface area contributed by atoms with E-state index in [1.165, 1.54) is 12.8 Å². The van der Waals surface area contributed by atoms with Crippen molar-refractivity contribution in [3.63, 3.8) is 0 Å². The number of carbonyl (C=O) groups is 1. The first-order valence-corrected chi connectivity index (χ1v) is 10.5. The molecule has 0 unspecified atom stereocenters. The van der Waals surface area contributed by atoms with Crippen LogP contribution in [0.2, 0.25) is 0 Å². The molecule has 0 amide bonds. The molecule has 1 N–H and O–H groups in total. The van der Waals surface area contributed by atoms with E-state index < -0.39 is 6.10 Å². The molecule has 150 valence electrons. The van der Waals surface area contributed by atoms with Crippen molar-refractivity contribution in [2.45, 2.75) is 72.0 Å². The number of likely N-dealkylation sites (tertiary alicyclic amines) is 1. The first-order valence-electron chi connectivity index (χ1n) is 10.5. The van der Waals surface area contributed by atoms with Gasteiger partial charge in [-0.15, -0.1) is 0 Å². The molecule has 0 radical (unpaired) electrons. The standard InChI is InChI=1S/C21H37NO4/c1-5-25-19(24)15-7-6-10-22(12-15)13-17(23)14-26-18-11-16-8-9-21(18,4)20(16,2)3/h15-18,23H,5-14H2,1-4H3/t15-,16-,17-,18-,21-/m1/s1. The predicted molar refractivity (Wildman–Crippen MR) is 101 cm³/mol. The molecular formula is C21H37NO4. The average molecular weight is 368 g/mol. The van der Waals surface area contributed by atoms with E-state index in [-0.39, 0.29) is 23.4 Å². The summed E-state index contributed by atoms with van der Waals surface area (Å²) < 4.78 is 11.4. The maximum absolute atomic E-state index is 12.0. The molecule has 5 heteroatoms. The van der Waals surface area contributed by atoms with Crippen LogP contribution in [-0.2, 0) is 14.3 Å². The molecule has 26 heavy (non-hydrogen) atoms. The molecule has 1 heterocycles. The van der Waals surface area contributed by atoms with E-state index in [0.717, 1.165) is 31.7 Å². The van der Waals surface area contributed by atoms with Crippen molar-refractivity contribution in [3.05, 3.63) is 0 Å². The monoisotopic (exact) mass is 367 g/mol. The van der Waals surface area contributed by atoms with Gasteiger partial charge in [-0.3, -0.25) is 9.69 Å². The number of β-amino-alcohol motifs (C(OH)–C–C–N with tert-alkyl or cyclic N) is 1. The number of hydrogen-bond donors (Lipinski definition) is 1. The highest BCUT2D eigenvalue weighted by molar-refractivity contribution is 5.72. The van der Waals surface area contributed by atoms with Crippen LogP contribution in [-0.4, -0.2) is 61.0 Å². The summed E-state index contributed by atoms with van der Waals surface area (Å²) in [6, 6.07) is 0. The summed E-state index contributed by atoms with van der Waals surface area (Å²) in [6.07, 6.45) is 5.31. The Morgan fingerprint density at radius 2 is 2.08 bits per heavy atom. The van der Waals surface area contributed by atoms with Gasteiger partial charge in [0.25, 0.3) is 0 Å². The SMILES string of the molecule is CCOC(=O)[C@@H]1CCCN(C[C@@H](O)CO[C@@H]2C[C@H]3CC[C@@]2(C)C3(C)C)C1. The molecule has 1 saturated heterocycles. The van der Waals surface area contributed by atoms with E-state index in [4.69, 9.17) is 9.47 Å². The van der Waals surface area contributed by atoms with Gasteiger partial charge < -0.3 is 14.6 Å². The molecule has 3 fully saturated rings. The topological polar surface area (TPSA) is 59.0 Å². The summed E-state index contributed by atoms with van der Waals surface area (Å²) in [6.45, 7) is 12.0. The Morgan fingerprint density at radius 1 is 1.31 bits per heavy atom. The minimum absolute atomic E-state index is 0.0536. The van der Waals surface area contributed by atoms with Gasteiger partial charge in [0.15, 0.2) is 0 Å². The molecule has 2 aliphatic carbocycles. The van der Waals surface area contributed by atoms with Gasteiger partial charge in [-0.1, -0.05) is 20.8 Å². The smallest absolute Gasteiger partial charge is 0.310 e. The second-order valence-electron chi connectivity index (χ2n) is 9.44. The van der Waals surface area contributed by atoms with Gasteiger partial charge in [-0.05, 0) is 62.3 Å². The van der Waals surface area contributed by atoms with Gasteiger partial charge in [0.2, 0.25) is 0 Å². The second kappa shape index (κ2) is 7.76. The number of rotatable bonds is 7. The third kappa shape index (κ3) is 3.67. The maximum Gasteiger partial charge on any atom is 0.310 e. The van der Waals surface area contributed by atoms with Crippen molar-refractivity contribution in [3.8, 4) is 0 Å². The first-order chi connectivity index (χ1) is 12.3. The summed E-state index contributed by atoms with van der Waals surface area (Å²) >= 11 is 0. The Hall–Kier alpha value is -0.650. The van der Waals surface area contributed by atoms with Crippen LogP contribution in [0.3, 0.4) is 0 Å². The zero-order chi connectivity index (χ0) is 18.9. The van der Waals surface area contributed by atoms with E-state index >= 15 is 0 Å². The summed E-state index contributed by atoms with van der Waals surface area (Å²) in [5.41, 5.74) is 0.569. The Kier molecular flexibility index (Phi) is 6.00. The van der Waals surface area contributed by atoms with Gasteiger partial charge in [0.1, 0.15) is 0 Å². The third-order valence-electron chi connectivity index (χ3n) is 7.80. The van der Waals surface area contributed by atoms with Crippen LogP contribution in [0.5, 0.6) is 0 Å². The van der Waals surface area contributed by atoms with Crippen molar-refractivity contribution in [2.75, 3.05) is 32.8 Å². The van der Waals surface area contributed by atoms with Gasteiger partial charge in [0.05, 0.1) is 31.3 Å². The number of ether oxygens (including phenoxy) is 2. The largest absolute Gasteiger partial charge is 0.466 e. The van der Waals surface area contributed by atoms with Crippen LogP contribution in [0.15, 0.2) is 0 Å². The molecule has 3 aliphatic rings. The van der Waals surface area contributed by atoms with E-state index in [2.05, 4.69) is 25.7 Å². The lowest BCUT2D eigenvalue weighted by molar-refractivity contribution is -0.150. The van der Waals surface area contributed by atoms with E-state index in [0.29, 0.717) is 31.7 Å². The maximum atomic E-state index is 12.0. The van der Waals surface area contributed by atoms with Crippen LogP contribution in [0, 0.1) is 22.7 Å². The van der Waals surface area contributed by atoms with Gasteiger partial charge in [-0.2, -0.15) is 0 Å². The lowest BCUT2D eigenvalue weighted by Gasteiger charge is -2.39. The lowest BCUT2D eigenvalue weighted by atomic mass is 9.70. The highest BCUT2D eigenvalue weighted by Gasteiger charge is 2.61. The molecule has 2 saturated carbocycles. The van der Waals surface area contributed by atoms with Crippen molar-refractivity contribution in [1.29, 1.82) is 0 Å². The Balaban J connectivity index is 1.45. The van der Waals surface area contributed by atoms with Crippen molar-refractivity contribution < 1.29 is 19.4 Å². The molecule has 0 spiro atoms. The average Bonchev–Trinajstić information content (AvgIpc) is 2.93. The van der Waals surface area contributed by atoms with Crippen LogP contribution in [0.1, 0.15) is 59.8 Å². The number of piperidine rings is 1. The van der Waals surface area contributed by atoms with Gasteiger partial charge in [0, 0.05) is 13.1 Å². The number of fused-ring (bicyclic) bond motifs is 2. The highest BCUT2D eigenvalue weighted by Crippen LogP contribution is 2.66. The number of aliphatic hydroxyl groups is 1. The molecule has 2 bridgehead atoms. The fourth-order valence-corrected chi connectivity index (χ4v) is 5.63. The van der Waals surface area contributed by atoms with Crippen molar-refractivity contribution in [1.82, 2.24) is 4.90 Å². The summed E-state index contributed by atoms with van der Waals surface area (Å²) in [5, 5.41) is 10.5. The minimum Gasteiger partial charge on any atom is -0.466 e. The normalized spacial score (nSPS) is 37.7. The fourth-order valence-electron chi connectivity index (χ4n) is 5.63. The molecule has 0 aromatic rings. The summed E-state index contributed by atoms with van der Waals surface area (Å²) in [7, 11) is 0. The van der Waals surface area contributed by atoms with Crippen LogP contribution < -0.4 is 0 Å². The summed E-state index contributed by atoms with van der Waals surface area (Å²) in [5.74, 6) is 0.601. The zero-order valence-electron chi connectivity index (χ0n) is 17.0. The number of nitrogens with zero attached hydrogens (tertiary/aromatic N) is 1.